The summed E-state index contributed by atoms with van der Waals surface area (Å²) >= 11 is 3.42. The lowest BCUT2D eigenvalue weighted by Crippen LogP contribution is -2.18. The molecule has 1 N–H and O–H groups in total. The van der Waals surface area contributed by atoms with Gasteiger partial charge in [0.15, 0.2) is 0 Å². The second-order valence-electron chi connectivity index (χ2n) is 28.3. The number of thiophene rings is 2. The number of ether oxygens (including phenoxy) is 4. The van der Waals surface area contributed by atoms with Crippen LogP contribution in [-0.2, 0) is 15.6 Å². The highest BCUT2D eigenvalue weighted by molar-refractivity contribution is 7.29. The third-order valence-corrected chi connectivity index (χ3v) is 22.7. The molecule has 0 fully saturated rings. The van der Waals surface area contributed by atoms with Crippen molar-refractivity contribution in [2.75, 3.05) is 31.3 Å². The van der Waals surface area contributed by atoms with Crippen LogP contribution in [0.15, 0.2) is 103 Å². The predicted octanol–water partition coefficient (Wildman–Crippen LogP) is 26.0. The SMILES string of the molecule is CCCCCCOc1cc(OCCCCCC)c2c(c1)C(C)(C)c1cc(N(c3ccc(-c4cc5c(s4)c4sc(/C=C(\C#N)C(=O)O)cc4n5C(CCCCCC)CCCCCC)cc3)c3ccc4c(c3)C(C)(C)c3cc(OCCCCCC)cc(OCCCCCC)c3-4)ccc1-2. The average molecular weight is 1330 g/mol. The first-order valence-electron chi connectivity index (χ1n) is 37.2. The molecule has 0 spiro atoms. The number of anilines is 3. The molecule has 0 amide bonds. The number of nitrogens with zero attached hydrogens (tertiary/aromatic N) is 3. The molecule has 0 saturated heterocycles. The Kier molecular flexibility index (Phi) is 25.4. The molecule has 512 valence electrons. The third kappa shape index (κ3) is 16.2. The van der Waals surface area contributed by atoms with Gasteiger partial charge in [-0.15, -0.1) is 22.7 Å². The van der Waals surface area contributed by atoms with Gasteiger partial charge < -0.3 is 33.5 Å². The van der Waals surface area contributed by atoms with Crippen LogP contribution < -0.4 is 23.8 Å². The van der Waals surface area contributed by atoms with E-state index in [1.807, 2.05) is 17.4 Å². The van der Waals surface area contributed by atoms with Gasteiger partial charge in [0.05, 0.1) is 46.9 Å². The van der Waals surface area contributed by atoms with Crippen molar-refractivity contribution in [3.63, 3.8) is 0 Å². The first-order chi connectivity index (χ1) is 46.7. The van der Waals surface area contributed by atoms with Crippen LogP contribution in [0.4, 0.5) is 17.1 Å². The fraction of sp³-hybridized carbons (Fsp3) is 0.506. The topological polar surface area (TPSA) is 106 Å². The lowest BCUT2D eigenvalue weighted by molar-refractivity contribution is -0.132. The maximum absolute atomic E-state index is 12.2. The maximum Gasteiger partial charge on any atom is 0.346 e. The van der Waals surface area contributed by atoms with Crippen LogP contribution >= 0.6 is 22.7 Å². The minimum atomic E-state index is -1.20. The van der Waals surface area contributed by atoms with Crippen LogP contribution in [0.3, 0.4) is 0 Å². The van der Waals surface area contributed by atoms with Crippen molar-refractivity contribution in [1.29, 1.82) is 5.26 Å². The number of carboxylic acids is 1. The van der Waals surface area contributed by atoms with Crippen molar-refractivity contribution in [2.24, 2.45) is 0 Å². The highest BCUT2D eigenvalue weighted by Crippen LogP contribution is 2.58. The summed E-state index contributed by atoms with van der Waals surface area (Å²) in [5.41, 5.74) is 15.5. The van der Waals surface area contributed by atoms with E-state index < -0.39 is 5.97 Å². The molecule has 2 aliphatic carbocycles. The van der Waals surface area contributed by atoms with Gasteiger partial charge in [0, 0.05) is 66.9 Å². The summed E-state index contributed by atoms with van der Waals surface area (Å²) in [7, 11) is 0. The molecule has 0 saturated carbocycles. The van der Waals surface area contributed by atoms with Crippen molar-refractivity contribution in [3.8, 4) is 61.8 Å². The quantitative estimate of drug-likeness (QED) is 0.0229. The van der Waals surface area contributed by atoms with E-state index in [1.54, 1.807) is 17.4 Å². The number of carbonyl (C=O) groups is 1. The molecule has 9 nitrogen and oxygen atoms in total. The van der Waals surface area contributed by atoms with E-state index in [1.165, 1.54) is 149 Å². The molecule has 0 bridgehead atoms. The van der Waals surface area contributed by atoms with E-state index >= 15 is 0 Å². The second kappa shape index (κ2) is 34.0. The molecule has 3 heterocycles. The molecule has 96 heavy (non-hydrogen) atoms. The zero-order chi connectivity index (χ0) is 67.8. The average Bonchev–Trinajstić information content (AvgIpc) is 1.58. The summed E-state index contributed by atoms with van der Waals surface area (Å²) in [6.07, 6.45) is 31.6. The van der Waals surface area contributed by atoms with Crippen LogP contribution in [0.25, 0.3) is 59.2 Å². The summed E-state index contributed by atoms with van der Waals surface area (Å²) in [5, 5.41) is 19.8. The van der Waals surface area contributed by atoms with Gasteiger partial charge >= 0.3 is 5.97 Å². The molecule has 0 unspecified atom stereocenters. The maximum atomic E-state index is 12.2. The molecule has 0 atom stereocenters. The standard InChI is InChI=1S/C85H109N3O6S2/c1-11-17-23-29-35-61(36-30-24-18-12-2)88-74-56-67(49-60(58-86)83(89)90)95-81(74)82-75(88)57-78(96-82)59-37-39-62(40-38-59)87(63-41-43-68-70(50-63)84(7,8)72-52-65(91-45-31-25-19-13-3)54-76(79(68)72)93-47-33-27-21-15-5)64-42-44-69-71(51-64)85(9,10)73-53-66(92-46-32-26-20-14-4)55-77(80(69)73)94-48-34-28-22-16-6/h37-44,49-57,61H,11-36,45-48H2,1-10H3,(H,89,90)/b60-49+. The third-order valence-electron chi connectivity index (χ3n) is 20.3. The van der Waals surface area contributed by atoms with Gasteiger partial charge in [-0.1, -0.05) is 222 Å². The van der Waals surface area contributed by atoms with Crippen molar-refractivity contribution in [1.82, 2.24) is 4.57 Å². The monoisotopic (exact) mass is 1330 g/mol. The fourth-order valence-electron chi connectivity index (χ4n) is 14.8. The Morgan fingerprint density at radius 3 is 1.35 bits per heavy atom. The Labute approximate surface area is 583 Å². The molecule has 3 aromatic heterocycles. The Hall–Kier alpha value is -7.00. The molecule has 8 aromatic rings. The number of benzene rings is 5. The van der Waals surface area contributed by atoms with Gasteiger partial charge in [-0.2, -0.15) is 5.26 Å². The van der Waals surface area contributed by atoms with E-state index in [2.05, 4.69) is 176 Å². The molecule has 0 aliphatic heterocycles. The van der Waals surface area contributed by atoms with Gasteiger partial charge in [0.2, 0.25) is 0 Å². The van der Waals surface area contributed by atoms with E-state index in [0.29, 0.717) is 32.5 Å². The number of unbranched alkanes of at least 4 members (excludes halogenated alkanes) is 18. The van der Waals surface area contributed by atoms with Crippen LogP contribution in [0.2, 0.25) is 0 Å². The summed E-state index contributed by atoms with van der Waals surface area (Å²) in [4.78, 5) is 16.6. The van der Waals surface area contributed by atoms with Crippen LogP contribution in [0.5, 0.6) is 23.0 Å². The first kappa shape index (κ1) is 71.8. The van der Waals surface area contributed by atoms with E-state index in [9.17, 15) is 15.2 Å². The van der Waals surface area contributed by atoms with Crippen molar-refractivity contribution >= 4 is 72.2 Å². The van der Waals surface area contributed by atoms with E-state index in [0.717, 1.165) is 138 Å². The predicted molar refractivity (Wildman–Crippen MR) is 407 cm³/mol. The van der Waals surface area contributed by atoms with Gasteiger partial charge in [-0.05, 0) is 144 Å². The van der Waals surface area contributed by atoms with Crippen LogP contribution in [-0.4, -0.2) is 42.1 Å². The zero-order valence-electron chi connectivity index (χ0n) is 59.8. The molecule has 11 heteroatoms. The minimum Gasteiger partial charge on any atom is -0.493 e. The molecular formula is C85H109N3O6S2. The number of nitriles is 1. The van der Waals surface area contributed by atoms with E-state index in [4.69, 9.17) is 18.9 Å². The second-order valence-corrected chi connectivity index (χ2v) is 30.4. The molecule has 10 rings (SSSR count). The highest BCUT2D eigenvalue weighted by atomic mass is 32.1. The van der Waals surface area contributed by atoms with Crippen LogP contribution in [0.1, 0.15) is 269 Å². The van der Waals surface area contributed by atoms with Gasteiger partial charge in [-0.25, -0.2) is 4.79 Å². The van der Waals surface area contributed by atoms with E-state index in [-0.39, 0.29) is 16.4 Å². The summed E-state index contributed by atoms with van der Waals surface area (Å²) in [6.45, 7) is 25.8. The molecule has 2 aliphatic rings. The lowest BCUT2D eigenvalue weighted by Gasteiger charge is -2.30. The normalized spacial score (nSPS) is 13.5. The van der Waals surface area contributed by atoms with Gasteiger partial charge in [0.1, 0.15) is 34.6 Å². The first-order valence-corrected chi connectivity index (χ1v) is 38.8. The fourth-order valence-corrected chi connectivity index (χ4v) is 17.2. The summed E-state index contributed by atoms with van der Waals surface area (Å²) in [5.74, 6) is 2.37. The Bertz CT molecular complexity index is 3810. The number of hydrogen-bond donors (Lipinski definition) is 1. The smallest absolute Gasteiger partial charge is 0.346 e. The van der Waals surface area contributed by atoms with Gasteiger partial charge in [-0.3, -0.25) is 0 Å². The number of fused-ring (bicyclic) bond motifs is 9. The minimum absolute atomic E-state index is 0.250. The largest absolute Gasteiger partial charge is 0.493 e. The Morgan fingerprint density at radius 2 is 0.917 bits per heavy atom. The lowest BCUT2D eigenvalue weighted by atomic mass is 9.82. The van der Waals surface area contributed by atoms with Crippen molar-refractivity contribution < 1.29 is 28.8 Å². The Balaban J connectivity index is 1.09. The Morgan fingerprint density at radius 1 is 0.500 bits per heavy atom. The highest BCUT2D eigenvalue weighted by Gasteiger charge is 2.41. The van der Waals surface area contributed by atoms with Crippen molar-refractivity contribution in [3.05, 3.63) is 130 Å². The summed E-state index contributed by atoms with van der Waals surface area (Å²) < 4.78 is 31.9. The molecular weight excluding hydrogens is 1220 g/mol. The number of rotatable bonds is 41. The number of carboxylic acid groups (broad SMARTS) is 1. The van der Waals surface area contributed by atoms with Gasteiger partial charge in [0.25, 0.3) is 0 Å². The number of aromatic nitrogens is 1. The number of hydrogen-bond acceptors (Lipinski definition) is 9. The zero-order valence-corrected chi connectivity index (χ0v) is 61.4. The van der Waals surface area contributed by atoms with Crippen LogP contribution in [0, 0.1) is 11.3 Å². The molecule has 5 aromatic carbocycles. The van der Waals surface area contributed by atoms with Crippen molar-refractivity contribution in [2.45, 2.75) is 253 Å². The molecule has 0 radical (unpaired) electrons. The summed E-state index contributed by atoms with van der Waals surface area (Å²) in [6, 6.07) is 39.1. The number of aliphatic carboxylic acids is 1.